The van der Waals surface area contributed by atoms with Gasteiger partial charge in [0.25, 0.3) is 0 Å². The Kier molecular flexibility index (Phi) is 4.31. The van der Waals surface area contributed by atoms with Gasteiger partial charge >= 0.3 is 0 Å². The van der Waals surface area contributed by atoms with Gasteiger partial charge in [-0.15, -0.1) is 0 Å². The zero-order valence-electron chi connectivity index (χ0n) is 11.9. The van der Waals surface area contributed by atoms with Crippen molar-refractivity contribution in [3.05, 3.63) is 29.3 Å². The third kappa shape index (κ3) is 2.84. The van der Waals surface area contributed by atoms with Crippen molar-refractivity contribution < 1.29 is 8.42 Å². The molecule has 1 aromatic carbocycles. The van der Waals surface area contributed by atoms with Crippen LogP contribution in [0, 0.1) is 13.8 Å². The summed E-state index contributed by atoms with van der Waals surface area (Å²) in [5.74, 6) is 0. The van der Waals surface area contributed by atoms with Gasteiger partial charge in [0.05, 0.1) is 10.1 Å². The Labute approximate surface area is 116 Å². The summed E-state index contributed by atoms with van der Waals surface area (Å²) in [4.78, 5) is 0.507. The highest BCUT2D eigenvalue weighted by Gasteiger charge is 2.38. The van der Waals surface area contributed by atoms with Gasteiger partial charge < -0.3 is 5.32 Å². The number of sulfone groups is 1. The van der Waals surface area contributed by atoms with Gasteiger partial charge in [0, 0.05) is 6.04 Å². The molecule has 0 radical (unpaired) electrons. The minimum absolute atomic E-state index is 0.107. The molecule has 1 aliphatic carbocycles. The quantitative estimate of drug-likeness (QED) is 0.923. The standard InChI is InChI=1S/C15H23NO2S/c1-4-16-13-6-5-7-15(13)19(17,18)14-9-8-11(2)10-12(14)3/h8-10,13,15-16H,4-7H2,1-3H3. The van der Waals surface area contributed by atoms with Gasteiger partial charge in [-0.25, -0.2) is 8.42 Å². The van der Waals surface area contributed by atoms with Crippen LogP contribution in [0.5, 0.6) is 0 Å². The van der Waals surface area contributed by atoms with Crippen LogP contribution in [0.1, 0.15) is 37.3 Å². The summed E-state index contributed by atoms with van der Waals surface area (Å²) in [6.45, 7) is 6.72. The number of benzene rings is 1. The Morgan fingerprint density at radius 2 is 2.00 bits per heavy atom. The number of aryl methyl sites for hydroxylation is 2. The second-order valence-corrected chi connectivity index (χ2v) is 7.58. The lowest BCUT2D eigenvalue weighted by Crippen LogP contribution is -2.40. The average Bonchev–Trinajstić information content (AvgIpc) is 2.78. The van der Waals surface area contributed by atoms with Gasteiger partial charge in [-0.2, -0.15) is 0 Å². The summed E-state index contributed by atoms with van der Waals surface area (Å²) in [5.41, 5.74) is 1.97. The minimum Gasteiger partial charge on any atom is -0.313 e. The van der Waals surface area contributed by atoms with E-state index in [2.05, 4.69) is 5.32 Å². The average molecular weight is 281 g/mol. The van der Waals surface area contributed by atoms with Crippen molar-refractivity contribution in [2.45, 2.75) is 56.2 Å². The summed E-state index contributed by atoms with van der Waals surface area (Å²) in [6, 6.07) is 5.71. The smallest absolute Gasteiger partial charge is 0.183 e. The largest absolute Gasteiger partial charge is 0.313 e. The fraction of sp³-hybridized carbons (Fsp3) is 0.600. The SMILES string of the molecule is CCNC1CCCC1S(=O)(=O)c1ccc(C)cc1C. The van der Waals surface area contributed by atoms with Gasteiger partial charge in [-0.3, -0.25) is 0 Å². The van der Waals surface area contributed by atoms with Crippen molar-refractivity contribution >= 4 is 9.84 Å². The first kappa shape index (κ1) is 14.5. The lowest BCUT2D eigenvalue weighted by Gasteiger charge is -2.21. The van der Waals surface area contributed by atoms with Crippen LogP contribution in [0.2, 0.25) is 0 Å². The molecule has 1 saturated carbocycles. The Hall–Kier alpha value is -0.870. The Balaban J connectivity index is 2.36. The van der Waals surface area contributed by atoms with Crippen molar-refractivity contribution in [2.24, 2.45) is 0 Å². The van der Waals surface area contributed by atoms with E-state index >= 15 is 0 Å². The number of hydrogen-bond donors (Lipinski definition) is 1. The third-order valence-corrected chi connectivity index (χ3v) is 6.39. The normalized spacial score (nSPS) is 23.7. The Bertz CT molecular complexity index is 551. The van der Waals surface area contributed by atoms with E-state index in [0.29, 0.717) is 4.90 Å². The molecule has 0 bridgehead atoms. The van der Waals surface area contributed by atoms with Gasteiger partial charge in [-0.05, 0) is 44.9 Å². The molecule has 1 aliphatic rings. The number of rotatable bonds is 4. The molecule has 106 valence electrons. The summed E-state index contributed by atoms with van der Waals surface area (Å²) >= 11 is 0. The zero-order chi connectivity index (χ0) is 14.0. The highest BCUT2D eigenvalue weighted by Crippen LogP contribution is 2.31. The van der Waals surface area contributed by atoms with Gasteiger partial charge in [0.15, 0.2) is 9.84 Å². The molecule has 3 nitrogen and oxygen atoms in total. The molecule has 19 heavy (non-hydrogen) atoms. The molecule has 2 rings (SSSR count). The van der Waals surface area contributed by atoms with Crippen LogP contribution in [-0.2, 0) is 9.84 Å². The van der Waals surface area contributed by atoms with Crippen LogP contribution in [-0.4, -0.2) is 26.3 Å². The van der Waals surface area contributed by atoms with E-state index in [9.17, 15) is 8.42 Å². The molecule has 0 aliphatic heterocycles. The maximum Gasteiger partial charge on any atom is 0.183 e. The van der Waals surface area contributed by atoms with Gasteiger partial charge in [0.1, 0.15) is 0 Å². The molecular formula is C15H23NO2S. The molecule has 2 atom stereocenters. The first-order valence-corrected chi connectivity index (χ1v) is 8.56. The molecule has 0 aromatic heterocycles. The van der Waals surface area contributed by atoms with E-state index in [1.807, 2.05) is 32.9 Å². The van der Waals surface area contributed by atoms with Crippen molar-refractivity contribution in [1.29, 1.82) is 0 Å². The fourth-order valence-corrected chi connectivity index (χ4v) is 5.31. The molecule has 0 heterocycles. The van der Waals surface area contributed by atoms with Gasteiger partial charge in [0.2, 0.25) is 0 Å². The van der Waals surface area contributed by atoms with Crippen LogP contribution in [0.4, 0.5) is 0 Å². The highest BCUT2D eigenvalue weighted by atomic mass is 32.2. The second kappa shape index (κ2) is 5.63. The summed E-state index contributed by atoms with van der Waals surface area (Å²) in [5, 5.41) is 3.05. The second-order valence-electron chi connectivity index (χ2n) is 5.45. The fourth-order valence-electron chi connectivity index (χ4n) is 3.07. The molecule has 2 unspecified atom stereocenters. The van der Waals surface area contributed by atoms with E-state index < -0.39 is 9.84 Å². The van der Waals surface area contributed by atoms with Crippen molar-refractivity contribution in [3.8, 4) is 0 Å². The molecule has 0 saturated heterocycles. The summed E-state index contributed by atoms with van der Waals surface area (Å²) < 4.78 is 25.6. The maximum atomic E-state index is 12.8. The van der Waals surface area contributed by atoms with Crippen LogP contribution < -0.4 is 5.32 Å². The molecule has 4 heteroatoms. The molecule has 1 aromatic rings. The van der Waals surface area contributed by atoms with E-state index in [0.717, 1.165) is 36.9 Å². The molecule has 1 N–H and O–H groups in total. The summed E-state index contributed by atoms with van der Waals surface area (Å²) in [7, 11) is -3.22. The molecule has 0 spiro atoms. The minimum atomic E-state index is -3.22. The van der Waals surface area contributed by atoms with E-state index in [1.165, 1.54) is 0 Å². The van der Waals surface area contributed by atoms with Crippen LogP contribution >= 0.6 is 0 Å². The van der Waals surface area contributed by atoms with Crippen LogP contribution in [0.15, 0.2) is 23.1 Å². The van der Waals surface area contributed by atoms with Gasteiger partial charge in [-0.1, -0.05) is 31.0 Å². The van der Waals surface area contributed by atoms with Crippen molar-refractivity contribution in [1.82, 2.24) is 5.32 Å². The van der Waals surface area contributed by atoms with E-state index in [4.69, 9.17) is 0 Å². The maximum absolute atomic E-state index is 12.8. The van der Waals surface area contributed by atoms with E-state index in [1.54, 1.807) is 6.07 Å². The molecule has 0 amide bonds. The predicted octanol–water partition coefficient (Wildman–Crippen LogP) is 2.61. The predicted molar refractivity (Wildman–Crippen MR) is 78.2 cm³/mol. The first-order chi connectivity index (χ1) is 8.96. The Morgan fingerprint density at radius 3 is 2.63 bits per heavy atom. The van der Waals surface area contributed by atoms with Crippen molar-refractivity contribution in [3.63, 3.8) is 0 Å². The lowest BCUT2D eigenvalue weighted by atomic mass is 10.2. The zero-order valence-corrected chi connectivity index (χ0v) is 12.8. The van der Waals surface area contributed by atoms with Crippen molar-refractivity contribution in [2.75, 3.05) is 6.54 Å². The molecular weight excluding hydrogens is 258 g/mol. The lowest BCUT2D eigenvalue weighted by molar-refractivity contribution is 0.517. The first-order valence-electron chi connectivity index (χ1n) is 7.01. The highest BCUT2D eigenvalue weighted by molar-refractivity contribution is 7.92. The number of nitrogens with one attached hydrogen (secondary N) is 1. The monoisotopic (exact) mass is 281 g/mol. The number of hydrogen-bond acceptors (Lipinski definition) is 3. The third-order valence-electron chi connectivity index (χ3n) is 3.95. The summed E-state index contributed by atoms with van der Waals surface area (Å²) in [6.07, 6.45) is 2.72. The Morgan fingerprint density at radius 1 is 1.26 bits per heavy atom. The molecule has 1 fully saturated rings. The van der Waals surface area contributed by atoms with Crippen LogP contribution in [0.3, 0.4) is 0 Å². The van der Waals surface area contributed by atoms with E-state index in [-0.39, 0.29) is 11.3 Å². The topological polar surface area (TPSA) is 46.2 Å². The van der Waals surface area contributed by atoms with Crippen LogP contribution in [0.25, 0.3) is 0 Å².